The molecule has 0 heterocycles. The molecule has 2 rings (SSSR count). The molecule has 0 unspecified atom stereocenters. The second-order valence-corrected chi connectivity index (χ2v) is 4.33. The van der Waals surface area contributed by atoms with E-state index in [1.165, 1.54) is 22.3 Å². The fourth-order valence-corrected chi connectivity index (χ4v) is 2.04. The fourth-order valence-electron chi connectivity index (χ4n) is 2.04. The second-order valence-electron chi connectivity index (χ2n) is 4.33. The lowest BCUT2D eigenvalue weighted by atomic mass is 9.96. The van der Waals surface area contributed by atoms with Crippen molar-refractivity contribution in [2.75, 3.05) is 5.43 Å². The molecule has 0 fully saturated rings. The van der Waals surface area contributed by atoms with Gasteiger partial charge in [0.15, 0.2) is 0 Å². The summed E-state index contributed by atoms with van der Waals surface area (Å²) in [5, 5.41) is 0. The number of benzene rings is 2. The van der Waals surface area contributed by atoms with E-state index in [1.807, 2.05) is 12.1 Å². The zero-order valence-corrected chi connectivity index (χ0v) is 10.3. The number of nitrogens with two attached hydrogens (primary N) is 1. The van der Waals surface area contributed by atoms with E-state index in [2.05, 4.69) is 49.6 Å². The van der Waals surface area contributed by atoms with Crippen molar-refractivity contribution in [3.05, 3.63) is 64.7 Å². The number of rotatable bonds is 3. The number of hydrogen-bond acceptors (Lipinski definition) is 2. The lowest BCUT2D eigenvalue weighted by Gasteiger charge is -2.13. The monoisotopic (exact) mass is 226 g/mol. The summed E-state index contributed by atoms with van der Waals surface area (Å²) >= 11 is 0. The van der Waals surface area contributed by atoms with Gasteiger partial charge in [0.25, 0.3) is 0 Å². The molecule has 0 aromatic heterocycles. The van der Waals surface area contributed by atoms with E-state index in [1.54, 1.807) is 0 Å². The molecule has 17 heavy (non-hydrogen) atoms. The number of anilines is 1. The van der Waals surface area contributed by atoms with Crippen molar-refractivity contribution in [1.82, 2.24) is 0 Å². The average Bonchev–Trinajstić information content (AvgIpc) is 2.37. The van der Waals surface area contributed by atoms with Crippen LogP contribution >= 0.6 is 0 Å². The molecule has 0 amide bonds. The van der Waals surface area contributed by atoms with Crippen LogP contribution in [-0.2, 0) is 6.42 Å². The fraction of sp³-hybridized carbons (Fsp3) is 0.200. The Labute approximate surface area is 102 Å². The lowest BCUT2D eigenvalue weighted by Crippen LogP contribution is -2.09. The molecule has 2 heteroatoms. The van der Waals surface area contributed by atoms with Crippen LogP contribution in [0.2, 0.25) is 0 Å². The van der Waals surface area contributed by atoms with Crippen LogP contribution < -0.4 is 11.3 Å². The van der Waals surface area contributed by atoms with E-state index in [9.17, 15) is 0 Å². The zero-order valence-electron chi connectivity index (χ0n) is 10.3. The highest BCUT2D eigenvalue weighted by atomic mass is 15.2. The summed E-state index contributed by atoms with van der Waals surface area (Å²) < 4.78 is 0. The Balaban J connectivity index is 2.32. The topological polar surface area (TPSA) is 38.0 Å². The van der Waals surface area contributed by atoms with Gasteiger partial charge in [-0.1, -0.05) is 36.4 Å². The predicted octanol–water partition coefficient (Wildman–Crippen LogP) is 3.18. The Morgan fingerprint density at radius 1 is 0.941 bits per heavy atom. The smallest absolute Gasteiger partial charge is 0.0517 e. The Bertz CT molecular complexity index is 504. The largest absolute Gasteiger partial charge is 0.324 e. The van der Waals surface area contributed by atoms with Crippen LogP contribution in [0.25, 0.3) is 0 Å². The van der Waals surface area contributed by atoms with E-state index >= 15 is 0 Å². The number of nitrogen functional groups attached to an aromatic ring is 1. The highest BCUT2D eigenvalue weighted by Gasteiger charge is 2.05. The molecule has 2 aromatic carbocycles. The van der Waals surface area contributed by atoms with Gasteiger partial charge in [0.05, 0.1) is 5.69 Å². The highest BCUT2D eigenvalue weighted by Crippen LogP contribution is 2.23. The summed E-state index contributed by atoms with van der Waals surface area (Å²) in [6.07, 6.45) is 0.971. The molecule has 2 aromatic rings. The summed E-state index contributed by atoms with van der Waals surface area (Å²) in [7, 11) is 0. The van der Waals surface area contributed by atoms with Gasteiger partial charge in [-0.05, 0) is 48.6 Å². The number of nitrogens with one attached hydrogen (secondary N) is 1. The van der Waals surface area contributed by atoms with Gasteiger partial charge in [0, 0.05) is 0 Å². The van der Waals surface area contributed by atoms with E-state index in [-0.39, 0.29) is 0 Å². The van der Waals surface area contributed by atoms with Gasteiger partial charge in [-0.3, -0.25) is 5.84 Å². The molecular weight excluding hydrogens is 208 g/mol. The molecular formula is C15H18N2. The molecule has 0 spiro atoms. The van der Waals surface area contributed by atoms with Gasteiger partial charge < -0.3 is 5.43 Å². The van der Waals surface area contributed by atoms with Gasteiger partial charge in [-0.25, -0.2) is 0 Å². The average molecular weight is 226 g/mol. The van der Waals surface area contributed by atoms with Gasteiger partial charge in [-0.2, -0.15) is 0 Å². The van der Waals surface area contributed by atoms with Crippen LogP contribution in [0.5, 0.6) is 0 Å². The maximum absolute atomic E-state index is 5.47. The number of hydrogen-bond donors (Lipinski definition) is 2. The van der Waals surface area contributed by atoms with Crippen molar-refractivity contribution >= 4 is 5.69 Å². The van der Waals surface area contributed by atoms with Gasteiger partial charge in [-0.15, -0.1) is 0 Å². The molecule has 0 saturated heterocycles. The van der Waals surface area contributed by atoms with Crippen LogP contribution in [0.15, 0.2) is 42.5 Å². The third-order valence-corrected chi connectivity index (χ3v) is 3.29. The van der Waals surface area contributed by atoms with E-state index in [0.717, 1.165) is 12.1 Å². The van der Waals surface area contributed by atoms with Crippen LogP contribution in [0.3, 0.4) is 0 Å². The van der Waals surface area contributed by atoms with E-state index < -0.39 is 0 Å². The van der Waals surface area contributed by atoms with Crippen molar-refractivity contribution in [3.63, 3.8) is 0 Å². The molecule has 0 aliphatic rings. The van der Waals surface area contributed by atoms with Gasteiger partial charge in [0.2, 0.25) is 0 Å². The Hall–Kier alpha value is -1.80. The number of hydrazine groups is 1. The molecule has 88 valence electrons. The first-order valence-electron chi connectivity index (χ1n) is 5.82. The van der Waals surface area contributed by atoms with Gasteiger partial charge in [0.1, 0.15) is 0 Å². The van der Waals surface area contributed by atoms with Crippen LogP contribution in [0.1, 0.15) is 22.3 Å². The lowest BCUT2D eigenvalue weighted by molar-refractivity contribution is 1.13. The third kappa shape index (κ3) is 2.48. The van der Waals surface area contributed by atoms with Crippen molar-refractivity contribution < 1.29 is 0 Å². The first-order valence-corrected chi connectivity index (χ1v) is 5.82. The summed E-state index contributed by atoms with van der Waals surface area (Å²) in [6.45, 7) is 4.24. The molecule has 2 nitrogen and oxygen atoms in total. The first-order chi connectivity index (χ1) is 8.22. The van der Waals surface area contributed by atoms with Crippen molar-refractivity contribution in [3.8, 4) is 0 Å². The molecule has 0 bridgehead atoms. The van der Waals surface area contributed by atoms with E-state index in [0.29, 0.717) is 0 Å². The second kappa shape index (κ2) is 5.02. The molecule has 0 aliphatic heterocycles. The minimum Gasteiger partial charge on any atom is -0.324 e. The molecule has 0 aliphatic carbocycles. The minimum absolute atomic E-state index is 0.971. The molecule has 0 radical (unpaired) electrons. The molecule has 0 atom stereocenters. The quantitative estimate of drug-likeness (QED) is 0.623. The summed E-state index contributed by atoms with van der Waals surface area (Å²) in [4.78, 5) is 0. The molecule has 0 saturated carbocycles. The summed E-state index contributed by atoms with van der Waals surface area (Å²) in [5.74, 6) is 5.47. The Kier molecular flexibility index (Phi) is 3.45. The summed E-state index contributed by atoms with van der Waals surface area (Å²) in [5.41, 5.74) is 8.95. The normalized spacial score (nSPS) is 10.3. The Morgan fingerprint density at radius 3 is 2.29 bits per heavy atom. The first kappa shape index (κ1) is 11.7. The SMILES string of the molecule is Cc1c(Cc2ccccc2)ccc(NN)c1C. The van der Waals surface area contributed by atoms with Crippen LogP contribution in [0, 0.1) is 13.8 Å². The summed E-state index contributed by atoms with van der Waals surface area (Å²) in [6, 6.07) is 14.7. The van der Waals surface area contributed by atoms with Crippen LogP contribution in [-0.4, -0.2) is 0 Å². The van der Waals surface area contributed by atoms with Crippen LogP contribution in [0.4, 0.5) is 5.69 Å². The standard InChI is InChI=1S/C15H18N2/c1-11-12(2)15(17-16)9-8-14(11)10-13-6-4-3-5-7-13/h3-9,17H,10,16H2,1-2H3. The zero-order chi connectivity index (χ0) is 12.3. The third-order valence-electron chi connectivity index (χ3n) is 3.29. The van der Waals surface area contributed by atoms with Gasteiger partial charge >= 0.3 is 0 Å². The predicted molar refractivity (Wildman–Crippen MR) is 73.0 cm³/mol. The minimum atomic E-state index is 0.971. The van der Waals surface area contributed by atoms with E-state index in [4.69, 9.17) is 5.84 Å². The maximum Gasteiger partial charge on any atom is 0.0517 e. The van der Waals surface area contributed by atoms with Crippen molar-refractivity contribution in [2.24, 2.45) is 5.84 Å². The highest BCUT2D eigenvalue weighted by molar-refractivity contribution is 5.56. The Morgan fingerprint density at radius 2 is 1.65 bits per heavy atom. The molecule has 3 N–H and O–H groups in total. The van der Waals surface area contributed by atoms with Crippen molar-refractivity contribution in [2.45, 2.75) is 20.3 Å². The van der Waals surface area contributed by atoms with Crippen molar-refractivity contribution in [1.29, 1.82) is 0 Å². The maximum atomic E-state index is 5.47.